The molecule has 41 heavy (non-hydrogen) atoms. The lowest BCUT2D eigenvalue weighted by Crippen LogP contribution is -1.92. The summed E-state index contributed by atoms with van der Waals surface area (Å²) in [4.78, 5) is 3.59. The fourth-order valence-corrected chi connectivity index (χ4v) is 5.63. The Morgan fingerprint density at radius 2 is 1.29 bits per heavy atom. The van der Waals surface area contributed by atoms with E-state index in [0.717, 1.165) is 38.9 Å². The Kier molecular flexibility index (Phi) is 6.29. The molecule has 4 aromatic carbocycles. The van der Waals surface area contributed by atoms with Crippen LogP contribution in [-0.4, -0.2) is 9.55 Å². The van der Waals surface area contributed by atoms with Gasteiger partial charge in [0.05, 0.1) is 16.7 Å². The molecule has 0 unspecified atom stereocenters. The predicted octanol–water partition coefficient (Wildman–Crippen LogP) is 10.5. The molecule has 2 heterocycles. The van der Waals surface area contributed by atoms with Crippen molar-refractivity contribution in [1.82, 2.24) is 9.55 Å². The van der Waals surface area contributed by atoms with Gasteiger partial charge in [-0.3, -0.25) is 0 Å². The van der Waals surface area contributed by atoms with Crippen LogP contribution in [0, 0.1) is 0 Å². The summed E-state index contributed by atoms with van der Waals surface area (Å²) in [7, 11) is 0. The minimum absolute atomic E-state index is 1.03. The number of para-hydroxylation sites is 2. The van der Waals surface area contributed by atoms with E-state index in [1.165, 1.54) is 27.1 Å². The highest BCUT2D eigenvalue weighted by atomic mass is 15.0. The van der Waals surface area contributed by atoms with E-state index < -0.39 is 0 Å². The van der Waals surface area contributed by atoms with Crippen molar-refractivity contribution < 1.29 is 0 Å². The van der Waals surface area contributed by atoms with Gasteiger partial charge in [0.15, 0.2) is 0 Å². The van der Waals surface area contributed by atoms with Crippen molar-refractivity contribution in [2.75, 3.05) is 0 Å². The molecule has 0 spiro atoms. The molecule has 1 aliphatic rings. The van der Waals surface area contributed by atoms with Crippen LogP contribution in [0.2, 0.25) is 0 Å². The molecule has 1 aliphatic carbocycles. The van der Waals surface area contributed by atoms with Crippen LogP contribution in [0.1, 0.15) is 0 Å². The van der Waals surface area contributed by atoms with Gasteiger partial charge in [-0.25, -0.2) is 0 Å². The van der Waals surface area contributed by atoms with Crippen molar-refractivity contribution in [2.45, 2.75) is 0 Å². The van der Waals surface area contributed by atoms with Crippen LogP contribution in [0.4, 0.5) is 0 Å². The topological polar surface area (TPSA) is 20.7 Å². The molecule has 0 fully saturated rings. The molecule has 0 atom stereocenters. The number of aromatic amines is 1. The van der Waals surface area contributed by atoms with Crippen LogP contribution in [0.3, 0.4) is 0 Å². The minimum Gasteiger partial charge on any atom is -0.355 e. The number of nitrogens with zero attached hydrogens (tertiary/aromatic N) is 1. The Morgan fingerprint density at radius 1 is 0.585 bits per heavy atom. The number of H-pyrrole nitrogens is 1. The highest BCUT2D eigenvalue weighted by Gasteiger charge is 2.15. The highest BCUT2D eigenvalue weighted by molar-refractivity contribution is 6.12. The third-order valence-corrected chi connectivity index (χ3v) is 7.52. The lowest BCUT2D eigenvalue weighted by molar-refractivity contribution is 1.25. The molecule has 0 saturated carbocycles. The molecule has 2 nitrogen and oxygen atoms in total. The van der Waals surface area contributed by atoms with Gasteiger partial charge >= 0.3 is 0 Å². The smallest absolute Gasteiger partial charge is 0.0897 e. The first-order valence-corrected chi connectivity index (χ1v) is 13.8. The zero-order valence-corrected chi connectivity index (χ0v) is 22.6. The number of hydrogen-bond acceptors (Lipinski definition) is 0. The van der Waals surface area contributed by atoms with Gasteiger partial charge in [0.25, 0.3) is 0 Å². The summed E-state index contributed by atoms with van der Waals surface area (Å²) in [6.07, 6.45) is 14.0. The van der Waals surface area contributed by atoms with Crippen LogP contribution < -0.4 is 0 Å². The maximum absolute atomic E-state index is 3.73. The molecular weight excluding hydrogens is 496 g/mol. The van der Waals surface area contributed by atoms with Gasteiger partial charge in [-0.15, -0.1) is 0 Å². The molecule has 1 N–H and O–H groups in total. The molecule has 6 aromatic rings. The van der Waals surface area contributed by atoms with Gasteiger partial charge in [-0.1, -0.05) is 115 Å². The Balaban J connectivity index is 1.48. The number of allylic oxidation sites excluding steroid dienone is 8. The van der Waals surface area contributed by atoms with Gasteiger partial charge in [-0.2, -0.15) is 0 Å². The van der Waals surface area contributed by atoms with Crippen molar-refractivity contribution in [3.8, 4) is 11.1 Å². The molecule has 0 radical (unpaired) electrons. The molecule has 2 aromatic heterocycles. The molecule has 194 valence electrons. The number of rotatable bonds is 5. The Bertz CT molecular complexity index is 2200. The summed E-state index contributed by atoms with van der Waals surface area (Å²) in [6, 6.07) is 38.9. The SMILES string of the molecule is C=C/C=C\C=CC1=C=C(n2c3ccccc3c3ccc(-c4ccccccc5[nH]c6ccccc6c5c4)cc32)C=C1. The number of nitrogens with one attached hydrogen (secondary N) is 1. The summed E-state index contributed by atoms with van der Waals surface area (Å²) in [5.41, 5.74) is 12.6. The summed E-state index contributed by atoms with van der Waals surface area (Å²) in [6.45, 7) is 3.73. The van der Waals surface area contributed by atoms with Gasteiger partial charge in [0.1, 0.15) is 0 Å². The van der Waals surface area contributed by atoms with E-state index in [4.69, 9.17) is 0 Å². The van der Waals surface area contributed by atoms with Crippen molar-refractivity contribution in [1.29, 1.82) is 0 Å². The Morgan fingerprint density at radius 3 is 2.17 bits per heavy atom. The first kappa shape index (κ1) is 24.5. The molecule has 0 amide bonds. The Hall–Kier alpha value is -5.56. The van der Waals surface area contributed by atoms with E-state index in [1.807, 2.05) is 18.2 Å². The van der Waals surface area contributed by atoms with Crippen molar-refractivity contribution in [3.05, 3.63) is 170 Å². The second-order valence-electron chi connectivity index (χ2n) is 10.1. The number of aromatic nitrogens is 2. The van der Waals surface area contributed by atoms with E-state index >= 15 is 0 Å². The van der Waals surface area contributed by atoms with Crippen LogP contribution in [0.5, 0.6) is 0 Å². The second kappa shape index (κ2) is 10.5. The second-order valence-corrected chi connectivity index (χ2v) is 10.1. The number of fused-ring (bicyclic) bond motifs is 6. The summed E-state index contributed by atoms with van der Waals surface area (Å²) in [5, 5.41) is 4.87. The molecule has 0 bridgehead atoms. The summed E-state index contributed by atoms with van der Waals surface area (Å²) < 4.78 is 2.33. The maximum Gasteiger partial charge on any atom is 0.0897 e. The highest BCUT2D eigenvalue weighted by Crippen LogP contribution is 2.36. The lowest BCUT2D eigenvalue weighted by Gasteiger charge is -2.07. The molecule has 2 heteroatoms. The largest absolute Gasteiger partial charge is 0.355 e. The fraction of sp³-hybridized carbons (Fsp3) is 0. The quantitative estimate of drug-likeness (QED) is 0.171. The number of hydrogen-bond donors (Lipinski definition) is 1. The van der Waals surface area contributed by atoms with E-state index in [0.29, 0.717) is 0 Å². The fourth-order valence-electron chi connectivity index (χ4n) is 5.63. The first-order valence-electron chi connectivity index (χ1n) is 13.8. The van der Waals surface area contributed by atoms with Crippen LogP contribution in [0.25, 0.3) is 60.4 Å². The maximum atomic E-state index is 3.73. The normalized spacial score (nSPS) is 13.1. The van der Waals surface area contributed by atoms with E-state index in [9.17, 15) is 0 Å². The third-order valence-electron chi connectivity index (χ3n) is 7.52. The van der Waals surface area contributed by atoms with Gasteiger partial charge in [0.2, 0.25) is 0 Å². The Labute approximate surface area is 239 Å². The van der Waals surface area contributed by atoms with Crippen molar-refractivity contribution in [2.24, 2.45) is 0 Å². The third kappa shape index (κ3) is 4.53. The van der Waals surface area contributed by atoms with Crippen molar-refractivity contribution >= 4 is 49.3 Å². The molecule has 0 aliphatic heterocycles. The number of benzene rings is 3. The lowest BCUT2D eigenvalue weighted by atomic mass is 10.0. The zero-order chi connectivity index (χ0) is 27.6. The van der Waals surface area contributed by atoms with Crippen LogP contribution in [0.15, 0.2) is 170 Å². The standard InChI is InChI=1S/C39H28N2/c1-2-3-4-7-14-28-21-23-31(25-28)41-38-20-13-11-17-33(38)34-24-22-30(27-39(34)41)29-15-8-5-6-9-18-37-35(26-29)32-16-10-12-19-36(32)40-37/h2-24,26-27,40H,1H2/b4-3-,6-5?,8-5?,9-6?,14-7?,15-8?,18-9?,29-15?,29-26?,35-26?,37-18?. The monoisotopic (exact) mass is 524 g/mol. The molecule has 7 rings (SSSR count). The molecular formula is C39H28N2. The average Bonchev–Trinajstić information content (AvgIpc) is 3.70. The minimum atomic E-state index is 1.03. The zero-order valence-electron chi connectivity index (χ0n) is 22.6. The van der Waals surface area contributed by atoms with E-state index in [2.05, 4.69) is 149 Å². The van der Waals surface area contributed by atoms with Crippen LogP contribution in [-0.2, 0) is 0 Å². The molecule has 0 saturated heterocycles. The van der Waals surface area contributed by atoms with E-state index in [1.54, 1.807) is 6.08 Å². The predicted molar refractivity (Wildman–Crippen MR) is 176 cm³/mol. The van der Waals surface area contributed by atoms with Gasteiger partial charge in [-0.05, 0) is 59.7 Å². The van der Waals surface area contributed by atoms with Gasteiger partial charge in [0, 0.05) is 38.2 Å². The van der Waals surface area contributed by atoms with Crippen LogP contribution >= 0.6 is 0 Å². The summed E-state index contributed by atoms with van der Waals surface area (Å²) >= 11 is 0. The summed E-state index contributed by atoms with van der Waals surface area (Å²) in [5.74, 6) is 0. The first-order chi connectivity index (χ1) is 20.3. The average molecular weight is 525 g/mol. The van der Waals surface area contributed by atoms with E-state index in [-0.39, 0.29) is 0 Å². The van der Waals surface area contributed by atoms with Crippen molar-refractivity contribution in [3.63, 3.8) is 0 Å². The van der Waals surface area contributed by atoms with Gasteiger partial charge < -0.3 is 9.55 Å².